The van der Waals surface area contributed by atoms with E-state index < -0.39 is 0 Å². The van der Waals surface area contributed by atoms with Gasteiger partial charge in [-0.1, -0.05) is 30.3 Å². The number of furan rings is 1. The SMILES string of the molecule is O=C(Cn1ncn2nc(-c3ccccc3)cc2c1=O)NCc1ccco1. The van der Waals surface area contributed by atoms with Crippen LogP contribution in [-0.4, -0.2) is 25.3 Å². The zero-order chi connectivity index (χ0) is 17.9. The molecule has 0 saturated carbocycles. The lowest BCUT2D eigenvalue weighted by Gasteiger charge is -2.05. The summed E-state index contributed by atoms with van der Waals surface area (Å²) in [5.41, 5.74) is 1.55. The van der Waals surface area contributed by atoms with Crippen LogP contribution in [0, 0.1) is 0 Å². The number of benzene rings is 1. The van der Waals surface area contributed by atoms with Gasteiger partial charge in [-0.2, -0.15) is 10.2 Å². The lowest BCUT2D eigenvalue weighted by molar-refractivity contribution is -0.122. The van der Waals surface area contributed by atoms with Gasteiger partial charge in [0.2, 0.25) is 5.91 Å². The Kier molecular flexibility index (Phi) is 4.06. The minimum Gasteiger partial charge on any atom is -0.467 e. The van der Waals surface area contributed by atoms with E-state index in [1.54, 1.807) is 18.2 Å². The second-order valence-electron chi connectivity index (χ2n) is 5.68. The molecule has 0 spiro atoms. The van der Waals surface area contributed by atoms with Crippen molar-refractivity contribution in [3.05, 3.63) is 77.2 Å². The van der Waals surface area contributed by atoms with Crippen molar-refractivity contribution in [2.45, 2.75) is 13.1 Å². The number of carbonyl (C=O) groups excluding carboxylic acids is 1. The van der Waals surface area contributed by atoms with Crippen LogP contribution in [0.4, 0.5) is 0 Å². The van der Waals surface area contributed by atoms with Gasteiger partial charge in [-0.05, 0) is 18.2 Å². The standard InChI is InChI=1S/C18H15N5O3/c24-17(19-10-14-7-4-8-26-14)11-22-18(25)16-9-15(21-23(16)12-20-22)13-5-2-1-3-6-13/h1-9,12H,10-11H2,(H,19,24). The van der Waals surface area contributed by atoms with E-state index in [1.807, 2.05) is 30.3 Å². The summed E-state index contributed by atoms with van der Waals surface area (Å²) in [5.74, 6) is 0.306. The number of hydrogen-bond acceptors (Lipinski definition) is 5. The molecular formula is C18H15N5O3. The number of fused-ring (bicyclic) bond motifs is 1. The number of hydrogen-bond donors (Lipinski definition) is 1. The first-order valence-corrected chi connectivity index (χ1v) is 8.01. The van der Waals surface area contributed by atoms with E-state index >= 15 is 0 Å². The Labute approximate surface area is 147 Å². The summed E-state index contributed by atoms with van der Waals surface area (Å²) >= 11 is 0. The van der Waals surface area contributed by atoms with Crippen LogP contribution in [0.3, 0.4) is 0 Å². The molecule has 3 heterocycles. The van der Waals surface area contributed by atoms with Crippen LogP contribution in [0.1, 0.15) is 5.76 Å². The third-order valence-electron chi connectivity index (χ3n) is 3.89. The quantitative estimate of drug-likeness (QED) is 0.589. The molecule has 8 heteroatoms. The molecule has 0 atom stereocenters. The highest BCUT2D eigenvalue weighted by atomic mass is 16.3. The largest absolute Gasteiger partial charge is 0.467 e. The Bertz CT molecular complexity index is 1100. The first kappa shape index (κ1) is 15.8. The molecule has 0 radical (unpaired) electrons. The van der Waals surface area contributed by atoms with Gasteiger partial charge >= 0.3 is 0 Å². The second-order valence-corrected chi connectivity index (χ2v) is 5.68. The Morgan fingerprint density at radius 1 is 1.15 bits per heavy atom. The third kappa shape index (κ3) is 3.12. The van der Waals surface area contributed by atoms with Crippen molar-refractivity contribution in [1.82, 2.24) is 24.7 Å². The maximum absolute atomic E-state index is 12.6. The summed E-state index contributed by atoms with van der Waals surface area (Å²) in [6, 6.07) is 14.7. The van der Waals surface area contributed by atoms with E-state index in [0.29, 0.717) is 17.0 Å². The Morgan fingerprint density at radius 2 is 2.00 bits per heavy atom. The molecule has 1 amide bonds. The molecule has 0 fully saturated rings. The maximum atomic E-state index is 12.6. The first-order chi connectivity index (χ1) is 12.7. The summed E-state index contributed by atoms with van der Waals surface area (Å²) in [5, 5.41) is 11.1. The first-order valence-electron chi connectivity index (χ1n) is 8.01. The number of carbonyl (C=O) groups is 1. The molecule has 0 saturated heterocycles. The van der Waals surface area contributed by atoms with Crippen LogP contribution >= 0.6 is 0 Å². The molecule has 1 aromatic carbocycles. The van der Waals surface area contributed by atoms with E-state index in [1.165, 1.54) is 17.1 Å². The molecule has 4 rings (SSSR count). The fraction of sp³-hybridized carbons (Fsp3) is 0.111. The third-order valence-corrected chi connectivity index (χ3v) is 3.89. The van der Waals surface area contributed by atoms with Gasteiger partial charge in [0.25, 0.3) is 5.56 Å². The van der Waals surface area contributed by atoms with Gasteiger partial charge in [0.1, 0.15) is 24.1 Å². The lowest BCUT2D eigenvalue weighted by atomic mass is 10.1. The van der Waals surface area contributed by atoms with E-state index in [0.717, 1.165) is 10.2 Å². The van der Waals surface area contributed by atoms with Crippen LogP contribution in [0.25, 0.3) is 16.8 Å². The van der Waals surface area contributed by atoms with Crippen molar-refractivity contribution in [3.8, 4) is 11.3 Å². The van der Waals surface area contributed by atoms with Crippen LogP contribution < -0.4 is 10.9 Å². The Balaban J connectivity index is 1.55. The normalized spacial score (nSPS) is 10.9. The molecule has 8 nitrogen and oxygen atoms in total. The summed E-state index contributed by atoms with van der Waals surface area (Å²) in [4.78, 5) is 24.6. The van der Waals surface area contributed by atoms with E-state index in [2.05, 4.69) is 15.5 Å². The average Bonchev–Trinajstić information content (AvgIpc) is 3.33. The van der Waals surface area contributed by atoms with Gasteiger partial charge in [0, 0.05) is 5.56 Å². The highest BCUT2D eigenvalue weighted by Gasteiger charge is 2.12. The monoisotopic (exact) mass is 349 g/mol. The van der Waals surface area contributed by atoms with Gasteiger partial charge in [-0.15, -0.1) is 0 Å². The minimum atomic E-state index is -0.379. The van der Waals surface area contributed by atoms with Crippen LogP contribution in [0.5, 0.6) is 0 Å². The molecule has 26 heavy (non-hydrogen) atoms. The van der Waals surface area contributed by atoms with Gasteiger partial charge < -0.3 is 9.73 Å². The van der Waals surface area contributed by atoms with Crippen LogP contribution in [-0.2, 0) is 17.9 Å². The van der Waals surface area contributed by atoms with Crippen LogP contribution in [0.2, 0.25) is 0 Å². The number of amides is 1. The van der Waals surface area contributed by atoms with Gasteiger partial charge in [-0.25, -0.2) is 9.20 Å². The van der Waals surface area contributed by atoms with Gasteiger partial charge in [0.15, 0.2) is 0 Å². The van der Waals surface area contributed by atoms with Crippen molar-refractivity contribution in [2.24, 2.45) is 0 Å². The lowest BCUT2D eigenvalue weighted by Crippen LogP contribution is -2.33. The highest BCUT2D eigenvalue weighted by Crippen LogP contribution is 2.17. The molecule has 0 aliphatic carbocycles. The summed E-state index contributed by atoms with van der Waals surface area (Å²) in [7, 11) is 0. The van der Waals surface area contributed by atoms with Crippen molar-refractivity contribution in [3.63, 3.8) is 0 Å². The highest BCUT2D eigenvalue weighted by molar-refractivity contribution is 5.75. The molecule has 130 valence electrons. The molecule has 0 unspecified atom stereocenters. The Morgan fingerprint density at radius 3 is 2.77 bits per heavy atom. The molecule has 3 aromatic heterocycles. The average molecular weight is 349 g/mol. The van der Waals surface area contributed by atoms with Crippen molar-refractivity contribution < 1.29 is 9.21 Å². The van der Waals surface area contributed by atoms with E-state index in [9.17, 15) is 9.59 Å². The van der Waals surface area contributed by atoms with Crippen molar-refractivity contribution in [2.75, 3.05) is 0 Å². The molecule has 0 aliphatic heterocycles. The van der Waals surface area contributed by atoms with E-state index in [-0.39, 0.29) is 24.6 Å². The fourth-order valence-electron chi connectivity index (χ4n) is 2.59. The summed E-state index contributed by atoms with van der Waals surface area (Å²) < 4.78 is 7.68. The number of rotatable bonds is 5. The summed E-state index contributed by atoms with van der Waals surface area (Å²) in [6.07, 6.45) is 2.95. The molecule has 4 aromatic rings. The van der Waals surface area contributed by atoms with Crippen LogP contribution in [0.15, 0.2) is 70.3 Å². The Hall–Kier alpha value is -3.68. The predicted octanol–water partition coefficient (Wildman–Crippen LogP) is 1.47. The predicted molar refractivity (Wildman–Crippen MR) is 93.2 cm³/mol. The topological polar surface area (TPSA) is 94.4 Å². The smallest absolute Gasteiger partial charge is 0.293 e. The zero-order valence-electron chi connectivity index (χ0n) is 13.7. The van der Waals surface area contributed by atoms with Gasteiger partial charge in [-0.3, -0.25) is 9.59 Å². The van der Waals surface area contributed by atoms with E-state index in [4.69, 9.17) is 4.42 Å². The summed E-state index contributed by atoms with van der Waals surface area (Å²) in [6.45, 7) is 0.0789. The molecule has 0 aliphatic rings. The molecular weight excluding hydrogens is 334 g/mol. The molecule has 1 N–H and O–H groups in total. The van der Waals surface area contributed by atoms with Crippen molar-refractivity contribution >= 4 is 11.4 Å². The second kappa shape index (κ2) is 6.67. The minimum absolute atomic E-state index is 0.179. The number of aromatic nitrogens is 4. The number of nitrogens with one attached hydrogen (secondary N) is 1. The zero-order valence-corrected chi connectivity index (χ0v) is 13.7. The molecule has 0 bridgehead atoms. The maximum Gasteiger partial charge on any atom is 0.293 e. The number of nitrogens with zero attached hydrogens (tertiary/aromatic N) is 4. The van der Waals surface area contributed by atoms with Crippen molar-refractivity contribution in [1.29, 1.82) is 0 Å². The fourth-order valence-corrected chi connectivity index (χ4v) is 2.59. The van der Waals surface area contributed by atoms with Gasteiger partial charge in [0.05, 0.1) is 18.5 Å².